The smallest absolute Gasteiger partial charge is 0.222 e. The van der Waals surface area contributed by atoms with Crippen molar-refractivity contribution in [3.05, 3.63) is 35.9 Å². The van der Waals surface area contributed by atoms with Gasteiger partial charge in [-0.05, 0) is 31.0 Å². The van der Waals surface area contributed by atoms with Crippen molar-refractivity contribution in [1.82, 2.24) is 15.5 Å². The second kappa shape index (κ2) is 8.67. The van der Waals surface area contributed by atoms with Gasteiger partial charge >= 0.3 is 0 Å². The lowest BCUT2D eigenvalue weighted by Crippen LogP contribution is -2.48. The van der Waals surface area contributed by atoms with E-state index in [1.54, 1.807) is 11.8 Å². The Hall–Kier alpha value is -1.88. The molecule has 0 spiro atoms. The molecule has 0 bridgehead atoms. The summed E-state index contributed by atoms with van der Waals surface area (Å²) in [7, 11) is 0. The van der Waals surface area contributed by atoms with Crippen LogP contribution in [0.1, 0.15) is 32.3 Å². The fourth-order valence-corrected chi connectivity index (χ4v) is 2.90. The third-order valence-electron chi connectivity index (χ3n) is 4.40. The van der Waals surface area contributed by atoms with Crippen LogP contribution in [-0.2, 0) is 16.1 Å². The Balaban J connectivity index is 1.81. The van der Waals surface area contributed by atoms with Crippen LogP contribution in [0.3, 0.4) is 0 Å². The highest BCUT2D eigenvalue weighted by Gasteiger charge is 2.22. The molecule has 1 fully saturated rings. The van der Waals surface area contributed by atoms with Gasteiger partial charge in [0.05, 0.1) is 0 Å². The van der Waals surface area contributed by atoms with E-state index in [0.717, 1.165) is 25.1 Å². The molecule has 5 nitrogen and oxygen atoms in total. The molecule has 1 aliphatic heterocycles. The van der Waals surface area contributed by atoms with Crippen molar-refractivity contribution in [2.24, 2.45) is 5.92 Å². The zero-order valence-electron chi connectivity index (χ0n) is 14.0. The molecule has 1 heterocycles. The molecule has 0 saturated carbocycles. The van der Waals surface area contributed by atoms with Crippen molar-refractivity contribution in [3.63, 3.8) is 0 Å². The summed E-state index contributed by atoms with van der Waals surface area (Å²) in [5, 5.41) is 6.44. The van der Waals surface area contributed by atoms with E-state index < -0.39 is 0 Å². The van der Waals surface area contributed by atoms with Crippen LogP contribution in [0, 0.1) is 5.92 Å². The van der Waals surface area contributed by atoms with Crippen LogP contribution in [0.2, 0.25) is 0 Å². The minimum Gasteiger partial charge on any atom is -0.353 e. The first-order valence-corrected chi connectivity index (χ1v) is 8.36. The van der Waals surface area contributed by atoms with Gasteiger partial charge in [-0.25, -0.2) is 0 Å². The first-order valence-electron chi connectivity index (χ1n) is 8.36. The third kappa shape index (κ3) is 5.67. The van der Waals surface area contributed by atoms with Crippen LogP contribution in [0.4, 0.5) is 0 Å². The first-order chi connectivity index (χ1) is 11.1. The summed E-state index contributed by atoms with van der Waals surface area (Å²) in [5.74, 6) is 0.473. The quantitative estimate of drug-likeness (QED) is 0.837. The van der Waals surface area contributed by atoms with Gasteiger partial charge in [0, 0.05) is 32.5 Å². The van der Waals surface area contributed by atoms with Crippen molar-refractivity contribution in [2.75, 3.05) is 19.6 Å². The summed E-state index contributed by atoms with van der Waals surface area (Å²) >= 11 is 0. The summed E-state index contributed by atoms with van der Waals surface area (Å²) in [6.45, 7) is 6.59. The van der Waals surface area contributed by atoms with Crippen molar-refractivity contribution in [1.29, 1.82) is 0 Å². The summed E-state index contributed by atoms with van der Waals surface area (Å²) in [5.41, 5.74) is 1.08. The number of carbonyl (C=O) groups is 2. The second-order valence-corrected chi connectivity index (χ2v) is 6.32. The zero-order valence-corrected chi connectivity index (χ0v) is 14.0. The Morgan fingerprint density at radius 3 is 2.70 bits per heavy atom. The molecule has 2 N–H and O–H groups in total. The van der Waals surface area contributed by atoms with E-state index in [0.29, 0.717) is 25.4 Å². The highest BCUT2D eigenvalue weighted by molar-refractivity contribution is 5.78. The molecule has 1 aromatic rings. The van der Waals surface area contributed by atoms with Gasteiger partial charge < -0.3 is 15.5 Å². The van der Waals surface area contributed by atoms with E-state index >= 15 is 0 Å². The highest BCUT2D eigenvalue weighted by Crippen LogP contribution is 2.11. The fourth-order valence-electron chi connectivity index (χ4n) is 2.90. The summed E-state index contributed by atoms with van der Waals surface area (Å²) < 4.78 is 0. The molecule has 1 aromatic carbocycles. The predicted octanol–water partition coefficient (Wildman–Crippen LogP) is 1.54. The molecular formula is C18H27N3O2. The fraction of sp³-hybridized carbons (Fsp3) is 0.556. The number of hydrogen-bond acceptors (Lipinski definition) is 3. The van der Waals surface area contributed by atoms with Crippen molar-refractivity contribution in [3.8, 4) is 0 Å². The summed E-state index contributed by atoms with van der Waals surface area (Å²) in [6, 6.07) is 10.1. The minimum atomic E-state index is -0.00288. The molecule has 1 aliphatic rings. The average Bonchev–Trinajstić information content (AvgIpc) is 2.54. The molecule has 1 saturated heterocycles. The van der Waals surface area contributed by atoms with Gasteiger partial charge in [-0.15, -0.1) is 0 Å². The van der Waals surface area contributed by atoms with E-state index in [1.165, 1.54) is 0 Å². The second-order valence-electron chi connectivity index (χ2n) is 6.32. The molecule has 2 rings (SSSR count). The number of hydrogen-bond donors (Lipinski definition) is 2. The number of nitrogens with zero attached hydrogens (tertiary/aromatic N) is 1. The number of nitrogens with one attached hydrogen (secondary N) is 2. The minimum absolute atomic E-state index is 0.00288. The molecule has 23 heavy (non-hydrogen) atoms. The average molecular weight is 317 g/mol. The standard InChI is InChI=1S/C18H27N3O2/c1-14-12-19-10-8-17(14)20-18(23)9-11-21(15(2)22)13-16-6-4-3-5-7-16/h3-7,14,17,19H,8-13H2,1-2H3,(H,20,23). The highest BCUT2D eigenvalue weighted by atomic mass is 16.2. The third-order valence-corrected chi connectivity index (χ3v) is 4.40. The number of rotatable bonds is 6. The van der Waals surface area contributed by atoms with Gasteiger partial charge in [-0.3, -0.25) is 9.59 Å². The molecule has 2 atom stereocenters. The SMILES string of the molecule is CC(=O)N(CCC(=O)NC1CCNCC1C)Cc1ccccc1. The lowest BCUT2D eigenvalue weighted by Gasteiger charge is -2.30. The van der Waals surface area contributed by atoms with E-state index in [4.69, 9.17) is 0 Å². The predicted molar refractivity (Wildman–Crippen MR) is 90.7 cm³/mol. The molecule has 2 unspecified atom stereocenters. The Kier molecular flexibility index (Phi) is 6.59. The zero-order chi connectivity index (χ0) is 16.7. The Morgan fingerprint density at radius 1 is 1.30 bits per heavy atom. The van der Waals surface area contributed by atoms with Crippen LogP contribution >= 0.6 is 0 Å². The van der Waals surface area contributed by atoms with E-state index in [2.05, 4.69) is 17.6 Å². The number of carbonyl (C=O) groups excluding carboxylic acids is 2. The van der Waals surface area contributed by atoms with Crippen molar-refractivity contribution < 1.29 is 9.59 Å². The van der Waals surface area contributed by atoms with E-state index in [1.807, 2.05) is 30.3 Å². The molecular weight excluding hydrogens is 290 g/mol. The van der Waals surface area contributed by atoms with Gasteiger partial charge in [-0.1, -0.05) is 37.3 Å². The molecule has 5 heteroatoms. The maximum Gasteiger partial charge on any atom is 0.222 e. The van der Waals surface area contributed by atoms with Crippen molar-refractivity contribution in [2.45, 2.75) is 39.3 Å². The Labute approximate surface area is 138 Å². The maximum absolute atomic E-state index is 12.2. The lowest BCUT2D eigenvalue weighted by atomic mass is 9.95. The van der Waals surface area contributed by atoms with Crippen LogP contribution in [0.15, 0.2) is 30.3 Å². The first kappa shape index (κ1) is 17.5. The molecule has 126 valence electrons. The van der Waals surface area contributed by atoms with Gasteiger partial charge in [0.1, 0.15) is 0 Å². The molecule has 0 aromatic heterocycles. The van der Waals surface area contributed by atoms with Gasteiger partial charge in [0.15, 0.2) is 0 Å². The Bertz CT molecular complexity index is 518. The summed E-state index contributed by atoms with van der Waals surface area (Å²) in [4.78, 5) is 25.7. The van der Waals surface area contributed by atoms with Gasteiger partial charge in [-0.2, -0.15) is 0 Å². The molecule has 0 radical (unpaired) electrons. The maximum atomic E-state index is 12.2. The Morgan fingerprint density at radius 2 is 2.04 bits per heavy atom. The van der Waals surface area contributed by atoms with Gasteiger partial charge in [0.25, 0.3) is 0 Å². The number of piperidine rings is 1. The largest absolute Gasteiger partial charge is 0.353 e. The van der Waals surface area contributed by atoms with E-state index in [-0.39, 0.29) is 17.9 Å². The van der Waals surface area contributed by atoms with Crippen LogP contribution < -0.4 is 10.6 Å². The van der Waals surface area contributed by atoms with Crippen LogP contribution in [0.5, 0.6) is 0 Å². The normalized spacial score (nSPS) is 20.8. The molecule has 0 aliphatic carbocycles. The molecule has 2 amide bonds. The van der Waals surface area contributed by atoms with E-state index in [9.17, 15) is 9.59 Å². The number of amides is 2. The lowest BCUT2D eigenvalue weighted by molar-refractivity contribution is -0.130. The topological polar surface area (TPSA) is 61.4 Å². The van der Waals surface area contributed by atoms with Gasteiger partial charge in [0.2, 0.25) is 11.8 Å². The number of benzene rings is 1. The van der Waals surface area contributed by atoms with Crippen LogP contribution in [0.25, 0.3) is 0 Å². The van der Waals surface area contributed by atoms with Crippen LogP contribution in [-0.4, -0.2) is 42.4 Å². The summed E-state index contributed by atoms with van der Waals surface area (Å²) in [6.07, 6.45) is 1.32. The monoisotopic (exact) mass is 317 g/mol. The van der Waals surface area contributed by atoms with Crippen molar-refractivity contribution >= 4 is 11.8 Å².